The highest BCUT2D eigenvalue weighted by molar-refractivity contribution is 14.1. The Bertz CT molecular complexity index is 1070. The smallest absolute Gasteiger partial charge is 0.0855 e. The number of nitrogens with zero attached hydrogens (tertiary/aromatic N) is 4. The molecule has 0 aliphatic rings. The first kappa shape index (κ1) is 19.8. The van der Waals surface area contributed by atoms with Gasteiger partial charge in [0, 0.05) is 29.7 Å². The molecule has 0 radical (unpaired) electrons. The van der Waals surface area contributed by atoms with Crippen LogP contribution in [0.3, 0.4) is 0 Å². The fourth-order valence-electron chi connectivity index (χ4n) is 2.59. The Hall–Kier alpha value is -1.97. The summed E-state index contributed by atoms with van der Waals surface area (Å²) in [6.45, 7) is 7.06. The van der Waals surface area contributed by atoms with Gasteiger partial charge in [-0.1, -0.05) is 12.1 Å². The van der Waals surface area contributed by atoms with Gasteiger partial charge in [0.1, 0.15) is 0 Å². The maximum atomic E-state index is 9.81. The second-order valence-electron chi connectivity index (χ2n) is 7.48. The fraction of sp³-hybridized carbons (Fsp3) is 0.300. The van der Waals surface area contributed by atoms with E-state index in [1.54, 1.807) is 42.9 Å². The average Bonchev–Trinajstić information content (AvgIpc) is 3.19. The summed E-state index contributed by atoms with van der Waals surface area (Å²) in [6.07, 6.45) is 7.25. The van der Waals surface area contributed by atoms with Crippen molar-refractivity contribution in [3.63, 3.8) is 0 Å². The number of pyridine rings is 2. The maximum absolute atomic E-state index is 9.81. The van der Waals surface area contributed by atoms with E-state index in [1.807, 2.05) is 48.9 Å². The van der Waals surface area contributed by atoms with E-state index in [2.05, 4.69) is 32.8 Å². The standard InChI is InChI=1S/C10H11IN2O.C10H12N2O/c1-10(2,14)7-3-4-9-8(11)5-12-13(9)6-7;1-10(2,13)8-3-4-9-5-6-11-12(9)7-8/h3-6,14H,1-2H3;3-7,13H,1-2H3. The molecule has 0 aliphatic carbocycles. The highest BCUT2D eigenvalue weighted by atomic mass is 127. The Labute approximate surface area is 171 Å². The van der Waals surface area contributed by atoms with E-state index >= 15 is 0 Å². The van der Waals surface area contributed by atoms with Gasteiger partial charge in [-0.05, 0) is 68.5 Å². The Balaban J connectivity index is 0.000000156. The zero-order valence-corrected chi connectivity index (χ0v) is 17.9. The second kappa shape index (κ2) is 7.21. The molecule has 0 aromatic carbocycles. The van der Waals surface area contributed by atoms with Crippen molar-refractivity contribution in [3.05, 3.63) is 69.8 Å². The number of aromatic nitrogens is 4. The van der Waals surface area contributed by atoms with Crippen LogP contribution in [0.4, 0.5) is 0 Å². The van der Waals surface area contributed by atoms with E-state index in [-0.39, 0.29) is 0 Å². The molecule has 142 valence electrons. The number of hydrogen-bond donors (Lipinski definition) is 2. The van der Waals surface area contributed by atoms with Crippen LogP contribution >= 0.6 is 22.6 Å². The number of aliphatic hydroxyl groups is 2. The van der Waals surface area contributed by atoms with Crippen LogP contribution in [-0.2, 0) is 11.2 Å². The highest BCUT2D eigenvalue weighted by Crippen LogP contribution is 2.22. The van der Waals surface area contributed by atoms with Crippen LogP contribution in [0.5, 0.6) is 0 Å². The van der Waals surface area contributed by atoms with Crippen molar-refractivity contribution in [2.45, 2.75) is 38.9 Å². The van der Waals surface area contributed by atoms with Crippen LogP contribution < -0.4 is 0 Å². The molecule has 2 N–H and O–H groups in total. The summed E-state index contributed by atoms with van der Waals surface area (Å²) in [7, 11) is 0. The molecule has 7 heteroatoms. The Kier molecular flexibility index (Phi) is 5.29. The van der Waals surface area contributed by atoms with Gasteiger partial charge in [0.05, 0.1) is 32.0 Å². The van der Waals surface area contributed by atoms with E-state index < -0.39 is 11.2 Å². The monoisotopic (exact) mass is 478 g/mol. The van der Waals surface area contributed by atoms with Crippen LogP contribution in [0.25, 0.3) is 11.0 Å². The van der Waals surface area contributed by atoms with E-state index in [0.29, 0.717) is 0 Å². The maximum Gasteiger partial charge on any atom is 0.0855 e. The summed E-state index contributed by atoms with van der Waals surface area (Å²) in [5.41, 5.74) is 2.21. The summed E-state index contributed by atoms with van der Waals surface area (Å²) in [6, 6.07) is 9.69. The molecular weight excluding hydrogens is 455 g/mol. The normalized spacial score (nSPS) is 12.3. The van der Waals surface area contributed by atoms with Crippen molar-refractivity contribution in [3.8, 4) is 0 Å². The van der Waals surface area contributed by atoms with Crippen molar-refractivity contribution >= 4 is 33.6 Å². The SMILES string of the molecule is CC(C)(O)c1ccc2c(I)cnn2c1.CC(C)(O)c1ccc2ccnn2c1. The molecule has 0 fully saturated rings. The summed E-state index contributed by atoms with van der Waals surface area (Å²) in [5.74, 6) is 0. The molecule has 0 atom stereocenters. The van der Waals surface area contributed by atoms with E-state index in [0.717, 1.165) is 25.7 Å². The Morgan fingerprint density at radius 1 is 0.815 bits per heavy atom. The molecule has 4 rings (SSSR count). The molecule has 0 saturated heterocycles. The minimum Gasteiger partial charge on any atom is -0.386 e. The van der Waals surface area contributed by atoms with Gasteiger partial charge < -0.3 is 10.2 Å². The lowest BCUT2D eigenvalue weighted by Crippen LogP contribution is -2.16. The van der Waals surface area contributed by atoms with Crippen LogP contribution in [0, 0.1) is 3.57 Å². The molecular formula is C20H23IN4O2. The summed E-state index contributed by atoms with van der Waals surface area (Å²) < 4.78 is 4.66. The third kappa shape index (κ3) is 4.48. The van der Waals surface area contributed by atoms with Crippen LogP contribution in [-0.4, -0.2) is 29.4 Å². The minimum atomic E-state index is -0.814. The first-order chi connectivity index (χ1) is 12.6. The van der Waals surface area contributed by atoms with Gasteiger partial charge in [0.15, 0.2) is 0 Å². The third-order valence-electron chi connectivity index (χ3n) is 4.28. The first-order valence-electron chi connectivity index (χ1n) is 8.58. The van der Waals surface area contributed by atoms with Crippen LogP contribution in [0.1, 0.15) is 38.8 Å². The first-order valence-corrected chi connectivity index (χ1v) is 9.65. The molecule has 4 heterocycles. The number of hydrogen-bond acceptors (Lipinski definition) is 4. The molecule has 4 aromatic rings. The summed E-state index contributed by atoms with van der Waals surface area (Å²) in [5, 5.41) is 27.8. The summed E-state index contributed by atoms with van der Waals surface area (Å²) >= 11 is 2.24. The van der Waals surface area contributed by atoms with Gasteiger partial charge in [-0.25, -0.2) is 9.03 Å². The topological polar surface area (TPSA) is 75.1 Å². The number of fused-ring (bicyclic) bond motifs is 2. The van der Waals surface area contributed by atoms with Gasteiger partial charge in [-0.15, -0.1) is 0 Å². The molecule has 0 amide bonds. The third-order valence-corrected chi connectivity index (χ3v) is 5.11. The largest absolute Gasteiger partial charge is 0.386 e. The lowest BCUT2D eigenvalue weighted by Gasteiger charge is -2.17. The fourth-order valence-corrected chi connectivity index (χ4v) is 3.14. The van der Waals surface area contributed by atoms with Crippen LogP contribution in [0.2, 0.25) is 0 Å². The zero-order chi connectivity index (χ0) is 19.8. The van der Waals surface area contributed by atoms with E-state index in [4.69, 9.17) is 0 Å². The molecule has 6 nitrogen and oxygen atoms in total. The molecule has 0 saturated carbocycles. The second-order valence-corrected chi connectivity index (χ2v) is 8.64. The lowest BCUT2D eigenvalue weighted by molar-refractivity contribution is 0.0775. The van der Waals surface area contributed by atoms with Crippen molar-refractivity contribution in [1.29, 1.82) is 0 Å². The Morgan fingerprint density at radius 3 is 2.04 bits per heavy atom. The van der Waals surface area contributed by atoms with Gasteiger partial charge in [-0.2, -0.15) is 10.2 Å². The van der Waals surface area contributed by atoms with Crippen LogP contribution in [0.15, 0.2) is 55.1 Å². The van der Waals surface area contributed by atoms with Gasteiger partial charge >= 0.3 is 0 Å². The van der Waals surface area contributed by atoms with E-state index in [9.17, 15) is 10.2 Å². The van der Waals surface area contributed by atoms with Crippen molar-refractivity contribution in [1.82, 2.24) is 19.2 Å². The quantitative estimate of drug-likeness (QED) is 0.431. The predicted octanol–water partition coefficient (Wildman–Crippen LogP) is 3.73. The molecule has 0 aliphatic heterocycles. The van der Waals surface area contributed by atoms with Crippen molar-refractivity contribution in [2.24, 2.45) is 0 Å². The highest BCUT2D eigenvalue weighted by Gasteiger charge is 2.17. The number of halogens is 1. The van der Waals surface area contributed by atoms with Gasteiger partial charge in [0.25, 0.3) is 0 Å². The molecule has 0 unspecified atom stereocenters. The lowest BCUT2D eigenvalue weighted by atomic mass is 10.0. The summed E-state index contributed by atoms with van der Waals surface area (Å²) in [4.78, 5) is 0. The molecule has 27 heavy (non-hydrogen) atoms. The average molecular weight is 478 g/mol. The Morgan fingerprint density at radius 2 is 1.41 bits per heavy atom. The molecule has 0 bridgehead atoms. The molecule has 0 spiro atoms. The van der Waals surface area contributed by atoms with Gasteiger partial charge in [0.2, 0.25) is 0 Å². The van der Waals surface area contributed by atoms with Crippen molar-refractivity contribution in [2.75, 3.05) is 0 Å². The minimum absolute atomic E-state index is 0.805. The van der Waals surface area contributed by atoms with Gasteiger partial charge in [-0.3, -0.25) is 0 Å². The predicted molar refractivity (Wildman–Crippen MR) is 114 cm³/mol. The van der Waals surface area contributed by atoms with Crippen molar-refractivity contribution < 1.29 is 10.2 Å². The zero-order valence-electron chi connectivity index (χ0n) is 15.8. The molecule has 4 aromatic heterocycles. The van der Waals surface area contributed by atoms with E-state index in [1.165, 1.54) is 0 Å². The number of rotatable bonds is 2.